The molecule has 3 heterocycles. The highest BCUT2D eigenvalue weighted by Crippen LogP contribution is 2.31. The number of ether oxygens (including phenoxy) is 1. The van der Waals surface area contributed by atoms with Gasteiger partial charge in [-0.3, -0.25) is 0 Å². The smallest absolute Gasteiger partial charge is 0.278 e. The second kappa shape index (κ2) is 6.69. The minimum absolute atomic E-state index is 0.152. The summed E-state index contributed by atoms with van der Waals surface area (Å²) in [6, 6.07) is 14.3. The van der Waals surface area contributed by atoms with E-state index < -0.39 is 0 Å². The molecule has 6 nitrogen and oxygen atoms in total. The molecule has 0 bridgehead atoms. The van der Waals surface area contributed by atoms with E-state index in [1.807, 2.05) is 35.8 Å². The number of aromatic nitrogens is 4. The molecule has 28 heavy (non-hydrogen) atoms. The Bertz CT molecular complexity index is 1120. The van der Waals surface area contributed by atoms with Gasteiger partial charge in [-0.05, 0) is 24.6 Å². The van der Waals surface area contributed by atoms with E-state index in [9.17, 15) is 4.39 Å². The summed E-state index contributed by atoms with van der Waals surface area (Å²) >= 11 is 0. The molecule has 0 aliphatic carbocycles. The molecule has 0 saturated heterocycles. The molecule has 2 aromatic carbocycles. The van der Waals surface area contributed by atoms with E-state index in [0.717, 1.165) is 16.8 Å². The maximum absolute atomic E-state index is 13.1. The normalized spacial score (nSPS) is 16.1. The Balaban J connectivity index is 1.41. The van der Waals surface area contributed by atoms with E-state index >= 15 is 0 Å². The molecule has 1 aliphatic heterocycles. The van der Waals surface area contributed by atoms with Crippen LogP contribution in [0, 0.1) is 12.7 Å². The maximum Gasteiger partial charge on any atom is 0.278 e. The minimum atomic E-state index is -0.258. The number of hydrogen-bond acceptors (Lipinski definition) is 5. The van der Waals surface area contributed by atoms with Crippen LogP contribution in [0.15, 0.2) is 59.4 Å². The first-order chi connectivity index (χ1) is 13.7. The van der Waals surface area contributed by atoms with Gasteiger partial charge in [0.1, 0.15) is 11.9 Å². The standard InChI is InChI=1S/C21H17FN4O2/c1-13-2-4-15(5-3-13)20-24-21(28-25-20)19-17-11-27-18(10-26(17)12-23-19)14-6-8-16(22)9-7-14/h2-9,12,18H,10-11H2,1H3/t18-/m0/s1. The summed E-state index contributed by atoms with van der Waals surface area (Å²) in [6.07, 6.45) is 1.60. The van der Waals surface area contributed by atoms with Crippen LogP contribution >= 0.6 is 0 Å². The van der Waals surface area contributed by atoms with Gasteiger partial charge in [-0.2, -0.15) is 4.98 Å². The second-order valence-electron chi connectivity index (χ2n) is 6.83. The topological polar surface area (TPSA) is 66.0 Å². The van der Waals surface area contributed by atoms with Gasteiger partial charge < -0.3 is 13.8 Å². The van der Waals surface area contributed by atoms with E-state index in [1.54, 1.807) is 18.5 Å². The first kappa shape index (κ1) is 16.8. The van der Waals surface area contributed by atoms with E-state index in [0.29, 0.717) is 30.6 Å². The monoisotopic (exact) mass is 376 g/mol. The lowest BCUT2D eigenvalue weighted by molar-refractivity contribution is 0.00326. The summed E-state index contributed by atoms with van der Waals surface area (Å²) in [5.74, 6) is 0.636. The fourth-order valence-electron chi connectivity index (χ4n) is 3.32. The Morgan fingerprint density at radius 1 is 1.07 bits per heavy atom. The summed E-state index contributed by atoms with van der Waals surface area (Å²) in [5.41, 5.74) is 4.51. The van der Waals surface area contributed by atoms with Crippen molar-refractivity contribution in [3.8, 4) is 23.0 Å². The number of hydrogen-bond donors (Lipinski definition) is 0. The molecule has 1 aliphatic rings. The quantitative estimate of drug-likeness (QED) is 0.533. The van der Waals surface area contributed by atoms with Crippen molar-refractivity contribution < 1.29 is 13.7 Å². The molecule has 5 rings (SSSR count). The molecule has 7 heteroatoms. The Morgan fingerprint density at radius 3 is 2.64 bits per heavy atom. The predicted molar refractivity (Wildman–Crippen MR) is 99.6 cm³/mol. The zero-order chi connectivity index (χ0) is 19.1. The fraction of sp³-hybridized carbons (Fsp3) is 0.190. The summed E-state index contributed by atoms with van der Waals surface area (Å²) in [6.45, 7) is 2.98. The number of halogens is 1. The van der Waals surface area contributed by atoms with Gasteiger partial charge >= 0.3 is 0 Å². The third kappa shape index (κ3) is 2.99. The zero-order valence-electron chi connectivity index (χ0n) is 15.2. The molecule has 1 atom stereocenters. The van der Waals surface area contributed by atoms with Gasteiger partial charge in [-0.25, -0.2) is 9.37 Å². The van der Waals surface area contributed by atoms with Gasteiger partial charge in [-0.15, -0.1) is 0 Å². The maximum atomic E-state index is 13.1. The highest BCUT2D eigenvalue weighted by atomic mass is 19.1. The molecule has 0 spiro atoms. The van der Waals surface area contributed by atoms with Crippen LogP contribution in [0.25, 0.3) is 23.0 Å². The molecule has 2 aromatic heterocycles. The molecule has 0 unspecified atom stereocenters. The van der Waals surface area contributed by atoms with Crippen molar-refractivity contribution in [2.75, 3.05) is 0 Å². The Kier molecular flexibility index (Phi) is 4.02. The Hall–Kier alpha value is -3.32. The highest BCUT2D eigenvalue weighted by Gasteiger charge is 2.26. The van der Waals surface area contributed by atoms with Crippen molar-refractivity contribution in [3.63, 3.8) is 0 Å². The van der Waals surface area contributed by atoms with E-state index in [2.05, 4.69) is 15.1 Å². The Labute approximate surface area is 160 Å². The summed E-state index contributed by atoms with van der Waals surface area (Å²) < 4.78 is 26.6. The van der Waals surface area contributed by atoms with Gasteiger partial charge in [-0.1, -0.05) is 47.1 Å². The molecular formula is C21H17FN4O2. The third-order valence-electron chi connectivity index (χ3n) is 4.91. The van der Waals surface area contributed by atoms with Crippen LogP contribution in [-0.4, -0.2) is 19.7 Å². The van der Waals surface area contributed by atoms with Gasteiger partial charge in [0.25, 0.3) is 5.89 Å². The number of fused-ring (bicyclic) bond motifs is 1. The highest BCUT2D eigenvalue weighted by molar-refractivity contribution is 5.59. The largest absolute Gasteiger partial charge is 0.365 e. The lowest BCUT2D eigenvalue weighted by Gasteiger charge is -2.25. The number of benzene rings is 2. The second-order valence-corrected chi connectivity index (χ2v) is 6.83. The van der Waals surface area contributed by atoms with Crippen LogP contribution < -0.4 is 0 Å². The van der Waals surface area contributed by atoms with E-state index in [4.69, 9.17) is 9.26 Å². The summed E-state index contributed by atoms with van der Waals surface area (Å²) in [7, 11) is 0. The van der Waals surface area contributed by atoms with Crippen LogP contribution in [-0.2, 0) is 17.9 Å². The first-order valence-electron chi connectivity index (χ1n) is 8.99. The van der Waals surface area contributed by atoms with Crippen molar-refractivity contribution >= 4 is 0 Å². The van der Waals surface area contributed by atoms with E-state index in [-0.39, 0.29) is 11.9 Å². The van der Waals surface area contributed by atoms with Gasteiger partial charge in [0.2, 0.25) is 5.82 Å². The lowest BCUT2D eigenvalue weighted by atomic mass is 10.1. The minimum Gasteiger partial charge on any atom is -0.365 e. The molecular weight excluding hydrogens is 359 g/mol. The molecule has 4 aromatic rings. The molecule has 0 saturated carbocycles. The zero-order valence-corrected chi connectivity index (χ0v) is 15.2. The van der Waals surface area contributed by atoms with Crippen LogP contribution in [0.5, 0.6) is 0 Å². The van der Waals surface area contributed by atoms with Crippen LogP contribution in [0.4, 0.5) is 4.39 Å². The van der Waals surface area contributed by atoms with Crippen molar-refractivity contribution in [2.24, 2.45) is 0 Å². The van der Waals surface area contributed by atoms with Crippen molar-refractivity contribution in [1.82, 2.24) is 19.7 Å². The average molecular weight is 376 g/mol. The SMILES string of the molecule is Cc1ccc(-c2noc(-c3ncn4c3CO[C@H](c3ccc(F)cc3)C4)n2)cc1. The van der Waals surface area contributed by atoms with Gasteiger partial charge in [0.05, 0.1) is 25.2 Å². The number of rotatable bonds is 3. The molecule has 0 N–H and O–H groups in total. The molecule has 140 valence electrons. The first-order valence-corrected chi connectivity index (χ1v) is 8.99. The fourth-order valence-corrected chi connectivity index (χ4v) is 3.32. The van der Waals surface area contributed by atoms with Crippen LogP contribution in [0.3, 0.4) is 0 Å². The molecule has 0 radical (unpaired) electrons. The average Bonchev–Trinajstić information content (AvgIpc) is 3.35. The molecule has 0 fully saturated rings. The van der Waals surface area contributed by atoms with Crippen molar-refractivity contribution in [2.45, 2.75) is 26.2 Å². The third-order valence-corrected chi connectivity index (χ3v) is 4.91. The van der Waals surface area contributed by atoms with Crippen molar-refractivity contribution in [1.29, 1.82) is 0 Å². The number of imidazole rings is 1. The number of aryl methyl sites for hydroxylation is 1. The van der Waals surface area contributed by atoms with Gasteiger partial charge in [0.15, 0.2) is 5.69 Å². The molecule has 0 amide bonds. The summed E-state index contributed by atoms with van der Waals surface area (Å²) in [4.78, 5) is 8.95. The van der Waals surface area contributed by atoms with Crippen molar-refractivity contribution in [3.05, 3.63) is 77.5 Å². The van der Waals surface area contributed by atoms with E-state index in [1.165, 1.54) is 17.7 Å². The summed E-state index contributed by atoms with van der Waals surface area (Å²) in [5, 5.41) is 4.08. The lowest BCUT2D eigenvalue weighted by Crippen LogP contribution is -2.20. The number of nitrogens with zero attached hydrogens (tertiary/aromatic N) is 4. The van der Waals surface area contributed by atoms with Gasteiger partial charge in [0, 0.05) is 5.56 Å². The Morgan fingerprint density at radius 2 is 1.86 bits per heavy atom. The predicted octanol–water partition coefficient (Wildman–Crippen LogP) is 4.32. The van der Waals surface area contributed by atoms with Crippen LogP contribution in [0.2, 0.25) is 0 Å². The van der Waals surface area contributed by atoms with Crippen LogP contribution in [0.1, 0.15) is 22.9 Å².